The zero-order valence-corrected chi connectivity index (χ0v) is 20.1. The number of benzene rings is 1. The number of rotatable bonds is 11. The lowest BCUT2D eigenvalue weighted by molar-refractivity contribution is -0.304. The molecule has 0 heterocycles. The van der Waals surface area contributed by atoms with Crippen LogP contribution in [0.2, 0.25) is 0 Å². The van der Waals surface area contributed by atoms with Gasteiger partial charge in [-0.1, -0.05) is 50.7 Å². The number of hydrogen-bond acceptors (Lipinski definition) is 1. The van der Waals surface area contributed by atoms with Crippen LogP contribution in [0, 0.1) is 17.8 Å². The van der Waals surface area contributed by atoms with Gasteiger partial charge in [0.25, 0.3) is 6.17 Å². The number of alkyl halides is 7. The molecule has 0 saturated heterocycles. The van der Waals surface area contributed by atoms with Gasteiger partial charge >= 0.3 is 12.3 Å². The Morgan fingerprint density at radius 1 is 0.743 bits per heavy atom. The maximum absolute atomic E-state index is 13.5. The van der Waals surface area contributed by atoms with Crippen LogP contribution in [-0.2, 0) is 0 Å². The molecule has 3 rings (SSSR count). The molecule has 2 saturated carbocycles. The predicted octanol–water partition coefficient (Wildman–Crippen LogP) is 9.56. The summed E-state index contributed by atoms with van der Waals surface area (Å²) in [6.07, 6.45) is -0.422. The van der Waals surface area contributed by atoms with Crippen molar-refractivity contribution in [2.75, 3.05) is 6.67 Å². The van der Waals surface area contributed by atoms with Crippen molar-refractivity contribution in [3.05, 3.63) is 29.8 Å². The molecule has 1 nitrogen and oxygen atoms in total. The lowest BCUT2D eigenvalue weighted by Gasteiger charge is -2.38. The molecule has 0 aliphatic heterocycles. The van der Waals surface area contributed by atoms with Gasteiger partial charge in [0.05, 0.1) is 6.67 Å². The number of ether oxygens (including phenoxy) is 1. The minimum atomic E-state index is -5.70. The Labute approximate surface area is 203 Å². The summed E-state index contributed by atoms with van der Waals surface area (Å²) in [6, 6.07) is 5.57. The molecule has 0 spiro atoms. The maximum Gasteiger partial charge on any atom is 0.439 e. The molecule has 0 aromatic heterocycles. The maximum atomic E-state index is 13.5. The Bertz CT molecular complexity index is 733. The minimum Gasteiger partial charge on any atom is -0.430 e. The van der Waals surface area contributed by atoms with Crippen molar-refractivity contribution >= 4 is 0 Å². The first kappa shape index (κ1) is 28.1. The van der Waals surface area contributed by atoms with E-state index in [0.717, 1.165) is 55.9 Å². The first-order valence-corrected chi connectivity index (χ1v) is 13.0. The summed E-state index contributed by atoms with van der Waals surface area (Å²) in [5.41, 5.74) is 0.947. The molecule has 2 aliphatic carbocycles. The highest BCUT2D eigenvalue weighted by atomic mass is 19.4. The molecule has 2 fully saturated rings. The van der Waals surface area contributed by atoms with E-state index in [1.165, 1.54) is 50.7 Å². The van der Waals surface area contributed by atoms with Crippen molar-refractivity contribution in [2.24, 2.45) is 17.8 Å². The summed E-state index contributed by atoms with van der Waals surface area (Å²) in [6.45, 7) is -0.210. The SMILES string of the molecule is FCCCCCCC1CCC(C2CCC(c3ccc(OC(F)(F)C(F)C(F)(F)F)cc3)CC2)CC1. The molecule has 1 aromatic rings. The van der Waals surface area contributed by atoms with Crippen molar-refractivity contribution in [3.8, 4) is 5.75 Å². The van der Waals surface area contributed by atoms with Gasteiger partial charge in [0.1, 0.15) is 5.75 Å². The zero-order chi connectivity index (χ0) is 25.5. The van der Waals surface area contributed by atoms with E-state index in [-0.39, 0.29) is 12.6 Å². The van der Waals surface area contributed by atoms with Gasteiger partial charge in [-0.25, -0.2) is 4.39 Å². The van der Waals surface area contributed by atoms with Crippen molar-refractivity contribution in [1.29, 1.82) is 0 Å². The van der Waals surface area contributed by atoms with Gasteiger partial charge in [-0.05, 0) is 86.3 Å². The normalized spacial score (nSPS) is 26.9. The van der Waals surface area contributed by atoms with Crippen molar-refractivity contribution < 1.29 is 35.5 Å². The molecular formula is C27H37F7O. The second kappa shape index (κ2) is 12.7. The van der Waals surface area contributed by atoms with Crippen LogP contribution in [-0.4, -0.2) is 25.1 Å². The van der Waals surface area contributed by atoms with Crippen LogP contribution in [0.15, 0.2) is 24.3 Å². The van der Waals surface area contributed by atoms with Gasteiger partial charge in [0, 0.05) is 0 Å². The summed E-state index contributed by atoms with van der Waals surface area (Å²) >= 11 is 0. The molecule has 0 N–H and O–H groups in total. The second-order valence-corrected chi connectivity index (χ2v) is 10.4. The molecule has 1 atom stereocenters. The van der Waals surface area contributed by atoms with Gasteiger partial charge in [0.2, 0.25) is 0 Å². The molecule has 35 heavy (non-hydrogen) atoms. The van der Waals surface area contributed by atoms with E-state index in [2.05, 4.69) is 4.74 Å². The van der Waals surface area contributed by atoms with Crippen LogP contribution in [0.4, 0.5) is 30.7 Å². The molecule has 200 valence electrons. The van der Waals surface area contributed by atoms with Crippen LogP contribution in [0.5, 0.6) is 5.75 Å². The zero-order valence-electron chi connectivity index (χ0n) is 20.1. The Balaban J connectivity index is 1.40. The third-order valence-corrected chi connectivity index (χ3v) is 8.01. The Morgan fingerprint density at radius 3 is 1.83 bits per heavy atom. The fourth-order valence-electron chi connectivity index (χ4n) is 5.96. The minimum absolute atomic E-state index is 0.210. The molecule has 1 unspecified atom stereocenters. The molecule has 8 heteroatoms. The van der Waals surface area contributed by atoms with Crippen LogP contribution >= 0.6 is 0 Å². The van der Waals surface area contributed by atoms with E-state index in [4.69, 9.17) is 0 Å². The molecule has 0 amide bonds. The summed E-state index contributed by atoms with van der Waals surface area (Å²) in [4.78, 5) is 0. The van der Waals surface area contributed by atoms with E-state index in [9.17, 15) is 30.7 Å². The van der Waals surface area contributed by atoms with E-state index in [1.807, 2.05) is 0 Å². The van der Waals surface area contributed by atoms with Crippen molar-refractivity contribution in [3.63, 3.8) is 0 Å². The lowest BCUT2D eigenvalue weighted by atomic mass is 9.68. The van der Waals surface area contributed by atoms with Gasteiger partial charge < -0.3 is 4.74 Å². The number of unbranched alkanes of at least 4 members (excludes halogenated alkanes) is 3. The van der Waals surface area contributed by atoms with Gasteiger partial charge in [0.15, 0.2) is 0 Å². The largest absolute Gasteiger partial charge is 0.439 e. The van der Waals surface area contributed by atoms with Gasteiger partial charge in [-0.3, -0.25) is 4.39 Å². The first-order chi connectivity index (χ1) is 16.6. The van der Waals surface area contributed by atoms with E-state index >= 15 is 0 Å². The quantitative estimate of drug-likeness (QED) is 0.213. The smallest absolute Gasteiger partial charge is 0.430 e. The lowest BCUT2D eigenvalue weighted by Crippen LogP contribution is -2.45. The van der Waals surface area contributed by atoms with Gasteiger partial charge in [-0.2, -0.15) is 22.0 Å². The molecule has 1 aromatic carbocycles. The average molecular weight is 511 g/mol. The average Bonchev–Trinajstić information content (AvgIpc) is 2.84. The first-order valence-electron chi connectivity index (χ1n) is 13.0. The summed E-state index contributed by atoms with van der Waals surface area (Å²) < 4.78 is 93.0. The van der Waals surface area contributed by atoms with Crippen molar-refractivity contribution in [1.82, 2.24) is 0 Å². The Hall–Kier alpha value is -1.47. The monoisotopic (exact) mass is 510 g/mol. The highest BCUT2D eigenvalue weighted by Gasteiger charge is 2.59. The second-order valence-electron chi connectivity index (χ2n) is 10.4. The summed E-state index contributed by atoms with van der Waals surface area (Å²) in [7, 11) is 0. The van der Waals surface area contributed by atoms with E-state index in [1.54, 1.807) is 12.1 Å². The summed E-state index contributed by atoms with van der Waals surface area (Å²) in [5.74, 6) is 2.08. The Kier molecular flexibility index (Phi) is 10.2. The highest BCUT2D eigenvalue weighted by molar-refractivity contribution is 5.30. The summed E-state index contributed by atoms with van der Waals surface area (Å²) in [5, 5.41) is 0. The Morgan fingerprint density at radius 2 is 1.29 bits per heavy atom. The molecule has 0 radical (unpaired) electrons. The third-order valence-electron chi connectivity index (χ3n) is 8.01. The fraction of sp³-hybridized carbons (Fsp3) is 0.778. The van der Waals surface area contributed by atoms with Gasteiger partial charge in [-0.15, -0.1) is 0 Å². The van der Waals surface area contributed by atoms with E-state index < -0.39 is 24.2 Å². The van der Waals surface area contributed by atoms with Crippen molar-refractivity contribution in [2.45, 2.75) is 108 Å². The van der Waals surface area contributed by atoms with Crippen LogP contribution in [0.25, 0.3) is 0 Å². The standard InChI is InChI=1S/C27H37F7O/c28-18-4-2-1-3-5-19-6-8-20(9-7-19)21-10-12-22(13-11-21)23-14-16-24(17-15-23)35-27(33,34)25(29)26(30,31)32/h14-17,19-22,25H,1-13,18H2. The molecule has 2 aliphatic rings. The molecule has 0 bridgehead atoms. The van der Waals surface area contributed by atoms with Crippen LogP contribution < -0.4 is 4.74 Å². The number of hydrogen-bond donors (Lipinski definition) is 0. The van der Waals surface area contributed by atoms with Crippen LogP contribution in [0.1, 0.15) is 95.0 Å². The highest BCUT2D eigenvalue weighted by Crippen LogP contribution is 2.45. The third kappa shape index (κ3) is 8.28. The topological polar surface area (TPSA) is 9.23 Å². The van der Waals surface area contributed by atoms with E-state index in [0.29, 0.717) is 12.3 Å². The molecular weight excluding hydrogens is 473 g/mol. The fourth-order valence-corrected chi connectivity index (χ4v) is 5.96. The number of halogens is 7. The van der Waals surface area contributed by atoms with Crippen LogP contribution in [0.3, 0.4) is 0 Å². The predicted molar refractivity (Wildman–Crippen MR) is 122 cm³/mol.